The van der Waals surface area contributed by atoms with E-state index in [-0.39, 0.29) is 0 Å². The van der Waals surface area contributed by atoms with E-state index in [9.17, 15) is 0 Å². The number of nitrogens with one attached hydrogen (secondary N) is 1. The smallest absolute Gasteiger partial charge is 0.0702 e. The highest BCUT2D eigenvalue weighted by Crippen LogP contribution is 2.22. The minimum atomic E-state index is 0.350. The van der Waals surface area contributed by atoms with E-state index in [1.54, 1.807) is 0 Å². The van der Waals surface area contributed by atoms with Crippen LogP contribution in [0.3, 0.4) is 0 Å². The molecule has 3 rings (SSSR count). The first-order valence-electron chi connectivity index (χ1n) is 7.27. The molecule has 0 fully saturated rings. The Morgan fingerprint density at radius 1 is 1.05 bits per heavy atom. The van der Waals surface area contributed by atoms with E-state index in [1.165, 1.54) is 16.5 Å². The lowest BCUT2D eigenvalue weighted by Crippen LogP contribution is -2.17. The fourth-order valence-corrected chi connectivity index (χ4v) is 2.65. The van der Waals surface area contributed by atoms with Gasteiger partial charge >= 0.3 is 0 Å². The SMILES string of the molecule is CNC(CCc1ccncc1)c1ccc2ncccc2c1. The molecule has 0 aliphatic rings. The highest BCUT2D eigenvalue weighted by Gasteiger charge is 2.10. The quantitative estimate of drug-likeness (QED) is 0.775. The number of aryl methyl sites for hydroxylation is 1. The number of hydrogen-bond donors (Lipinski definition) is 1. The molecule has 0 aliphatic carbocycles. The Morgan fingerprint density at radius 2 is 1.90 bits per heavy atom. The van der Waals surface area contributed by atoms with Gasteiger partial charge in [-0.05, 0) is 61.3 Å². The molecule has 0 saturated heterocycles. The first-order chi connectivity index (χ1) is 10.4. The van der Waals surface area contributed by atoms with Crippen molar-refractivity contribution in [3.05, 3.63) is 72.2 Å². The minimum Gasteiger partial charge on any atom is -0.313 e. The predicted molar refractivity (Wildman–Crippen MR) is 86.1 cm³/mol. The fourth-order valence-electron chi connectivity index (χ4n) is 2.65. The van der Waals surface area contributed by atoms with Crippen molar-refractivity contribution in [1.82, 2.24) is 15.3 Å². The van der Waals surface area contributed by atoms with E-state index in [0.717, 1.165) is 18.4 Å². The normalized spacial score (nSPS) is 12.4. The molecule has 1 atom stereocenters. The van der Waals surface area contributed by atoms with Crippen LogP contribution in [0.4, 0.5) is 0 Å². The molecule has 2 aromatic heterocycles. The van der Waals surface area contributed by atoms with Crippen LogP contribution in [0.5, 0.6) is 0 Å². The molecule has 3 aromatic rings. The Balaban J connectivity index is 1.78. The summed E-state index contributed by atoms with van der Waals surface area (Å²) in [6, 6.07) is 15.1. The van der Waals surface area contributed by atoms with Crippen molar-refractivity contribution in [3.8, 4) is 0 Å². The second-order valence-corrected chi connectivity index (χ2v) is 5.19. The summed E-state index contributed by atoms with van der Waals surface area (Å²) in [5.74, 6) is 0. The van der Waals surface area contributed by atoms with Gasteiger partial charge in [-0.25, -0.2) is 0 Å². The lowest BCUT2D eigenvalue weighted by atomic mass is 9.98. The van der Waals surface area contributed by atoms with E-state index in [4.69, 9.17) is 0 Å². The van der Waals surface area contributed by atoms with Crippen molar-refractivity contribution < 1.29 is 0 Å². The Morgan fingerprint density at radius 3 is 2.71 bits per heavy atom. The number of hydrogen-bond acceptors (Lipinski definition) is 3. The third-order valence-corrected chi connectivity index (χ3v) is 3.85. The lowest BCUT2D eigenvalue weighted by molar-refractivity contribution is 0.549. The van der Waals surface area contributed by atoms with Crippen LogP contribution in [0.25, 0.3) is 10.9 Å². The molecule has 21 heavy (non-hydrogen) atoms. The maximum absolute atomic E-state index is 4.37. The second kappa shape index (κ2) is 6.46. The van der Waals surface area contributed by atoms with Crippen molar-refractivity contribution in [3.63, 3.8) is 0 Å². The molecule has 1 aromatic carbocycles. The van der Waals surface area contributed by atoms with Crippen molar-refractivity contribution >= 4 is 10.9 Å². The third kappa shape index (κ3) is 3.26. The zero-order chi connectivity index (χ0) is 14.5. The van der Waals surface area contributed by atoms with Crippen LogP contribution in [0.15, 0.2) is 61.1 Å². The second-order valence-electron chi connectivity index (χ2n) is 5.19. The topological polar surface area (TPSA) is 37.8 Å². The van der Waals surface area contributed by atoms with Crippen LogP contribution < -0.4 is 5.32 Å². The predicted octanol–water partition coefficient (Wildman–Crippen LogP) is 3.52. The van der Waals surface area contributed by atoms with Crippen LogP contribution in [0, 0.1) is 0 Å². The van der Waals surface area contributed by atoms with E-state index in [2.05, 4.69) is 51.7 Å². The number of pyridine rings is 2. The van der Waals surface area contributed by atoms with Gasteiger partial charge in [-0.15, -0.1) is 0 Å². The molecule has 3 heteroatoms. The summed E-state index contributed by atoms with van der Waals surface area (Å²) in [5, 5.41) is 4.61. The average molecular weight is 277 g/mol. The van der Waals surface area contributed by atoms with Gasteiger partial charge in [-0.1, -0.05) is 12.1 Å². The van der Waals surface area contributed by atoms with Gasteiger partial charge in [0.2, 0.25) is 0 Å². The van der Waals surface area contributed by atoms with E-state index in [1.807, 2.05) is 31.7 Å². The van der Waals surface area contributed by atoms with Gasteiger partial charge in [-0.2, -0.15) is 0 Å². The molecule has 1 N–H and O–H groups in total. The van der Waals surface area contributed by atoms with Crippen molar-refractivity contribution in [2.24, 2.45) is 0 Å². The third-order valence-electron chi connectivity index (χ3n) is 3.85. The van der Waals surface area contributed by atoms with Gasteiger partial charge in [0.15, 0.2) is 0 Å². The molecule has 3 nitrogen and oxygen atoms in total. The minimum absolute atomic E-state index is 0.350. The van der Waals surface area contributed by atoms with Gasteiger partial charge in [0.1, 0.15) is 0 Å². The molecular weight excluding hydrogens is 258 g/mol. The van der Waals surface area contributed by atoms with Crippen LogP contribution >= 0.6 is 0 Å². The van der Waals surface area contributed by atoms with E-state index >= 15 is 0 Å². The summed E-state index contributed by atoms with van der Waals surface area (Å²) in [6.07, 6.45) is 7.64. The molecule has 2 heterocycles. The standard InChI is InChI=1S/C18H19N3/c1-19-17(6-4-14-8-11-20-12-9-14)16-5-7-18-15(13-16)3-2-10-21-18/h2-3,5,7-13,17,19H,4,6H2,1H3. The molecule has 106 valence electrons. The van der Waals surface area contributed by atoms with Gasteiger partial charge in [-0.3, -0.25) is 9.97 Å². The molecule has 1 unspecified atom stereocenters. The zero-order valence-corrected chi connectivity index (χ0v) is 12.2. The van der Waals surface area contributed by atoms with E-state index in [0.29, 0.717) is 6.04 Å². The van der Waals surface area contributed by atoms with Crippen LogP contribution in [-0.4, -0.2) is 17.0 Å². The molecule has 0 spiro atoms. The number of benzene rings is 1. The van der Waals surface area contributed by atoms with Crippen LogP contribution in [0.1, 0.15) is 23.6 Å². The summed E-state index contributed by atoms with van der Waals surface area (Å²) in [7, 11) is 2.02. The summed E-state index contributed by atoms with van der Waals surface area (Å²) in [6.45, 7) is 0. The molecule has 0 saturated carbocycles. The summed E-state index contributed by atoms with van der Waals surface area (Å²) in [4.78, 5) is 8.44. The highest BCUT2D eigenvalue weighted by molar-refractivity contribution is 5.79. The maximum Gasteiger partial charge on any atom is 0.0702 e. The van der Waals surface area contributed by atoms with E-state index < -0.39 is 0 Å². The number of nitrogens with zero attached hydrogens (tertiary/aromatic N) is 2. The summed E-state index contributed by atoms with van der Waals surface area (Å²) < 4.78 is 0. The Kier molecular flexibility index (Phi) is 4.22. The largest absolute Gasteiger partial charge is 0.313 e. The van der Waals surface area contributed by atoms with Gasteiger partial charge < -0.3 is 5.32 Å². The highest BCUT2D eigenvalue weighted by atomic mass is 14.9. The zero-order valence-electron chi connectivity index (χ0n) is 12.2. The first-order valence-corrected chi connectivity index (χ1v) is 7.27. The fraction of sp³-hybridized carbons (Fsp3) is 0.222. The maximum atomic E-state index is 4.37. The van der Waals surface area contributed by atoms with Gasteiger partial charge in [0, 0.05) is 30.0 Å². The average Bonchev–Trinajstić information content (AvgIpc) is 2.56. The summed E-state index contributed by atoms with van der Waals surface area (Å²) >= 11 is 0. The van der Waals surface area contributed by atoms with Gasteiger partial charge in [0.25, 0.3) is 0 Å². The molecule has 0 aliphatic heterocycles. The number of aromatic nitrogens is 2. The Bertz CT molecular complexity index is 710. The van der Waals surface area contributed by atoms with Crippen LogP contribution in [0.2, 0.25) is 0 Å². The molecular formula is C18H19N3. The van der Waals surface area contributed by atoms with Crippen molar-refractivity contribution in [2.75, 3.05) is 7.05 Å². The molecule has 0 radical (unpaired) electrons. The van der Waals surface area contributed by atoms with Crippen LogP contribution in [-0.2, 0) is 6.42 Å². The van der Waals surface area contributed by atoms with Crippen molar-refractivity contribution in [1.29, 1.82) is 0 Å². The molecule has 0 bridgehead atoms. The number of rotatable bonds is 5. The Labute approximate surface area is 125 Å². The van der Waals surface area contributed by atoms with Crippen molar-refractivity contribution in [2.45, 2.75) is 18.9 Å². The van der Waals surface area contributed by atoms with Gasteiger partial charge in [0.05, 0.1) is 5.52 Å². The monoisotopic (exact) mass is 277 g/mol. The summed E-state index contributed by atoms with van der Waals surface area (Å²) in [5.41, 5.74) is 3.69. The first kappa shape index (κ1) is 13.7. The lowest BCUT2D eigenvalue weighted by Gasteiger charge is -2.17. The molecule has 0 amide bonds. The Hall–Kier alpha value is -2.26. The number of fused-ring (bicyclic) bond motifs is 1.